The molecule has 1 fully saturated rings. The summed E-state index contributed by atoms with van der Waals surface area (Å²) < 4.78 is 5.59. The zero-order valence-corrected chi connectivity index (χ0v) is 9.52. The molecule has 0 spiro atoms. The average Bonchev–Trinajstić information content (AvgIpc) is 2.26. The number of oxime groups is 1. The van der Waals surface area contributed by atoms with E-state index in [2.05, 4.69) is 23.9 Å². The van der Waals surface area contributed by atoms with Gasteiger partial charge < -0.3 is 15.7 Å². The fraction of sp³-hybridized carbons (Fsp3) is 0.900. The summed E-state index contributed by atoms with van der Waals surface area (Å²) in [7, 11) is 0. The number of ether oxygens (including phenoxy) is 1. The van der Waals surface area contributed by atoms with E-state index in [4.69, 9.17) is 15.7 Å². The Kier molecular flexibility index (Phi) is 4.84. The Balaban J connectivity index is 2.41. The van der Waals surface area contributed by atoms with E-state index in [1.54, 1.807) is 0 Å². The lowest BCUT2D eigenvalue weighted by molar-refractivity contribution is -0.0547. The Morgan fingerprint density at radius 2 is 2.40 bits per heavy atom. The number of hydrogen-bond acceptors (Lipinski definition) is 4. The fourth-order valence-corrected chi connectivity index (χ4v) is 1.87. The maximum Gasteiger partial charge on any atom is 0.140 e. The molecule has 0 bridgehead atoms. The molecular weight excluding hydrogens is 194 g/mol. The van der Waals surface area contributed by atoms with Gasteiger partial charge in [-0.1, -0.05) is 12.1 Å². The van der Waals surface area contributed by atoms with Gasteiger partial charge in [0.05, 0.1) is 12.7 Å². The molecule has 15 heavy (non-hydrogen) atoms. The number of nitrogens with two attached hydrogens (primary N) is 1. The minimum Gasteiger partial charge on any atom is -0.409 e. The molecule has 1 heterocycles. The Hall–Kier alpha value is -0.810. The minimum absolute atomic E-state index is 0.278. The van der Waals surface area contributed by atoms with Crippen LogP contribution in [0.1, 0.15) is 26.7 Å². The van der Waals surface area contributed by atoms with Gasteiger partial charge in [0, 0.05) is 25.6 Å². The Labute approximate surface area is 90.9 Å². The van der Waals surface area contributed by atoms with E-state index in [1.807, 2.05) is 0 Å². The van der Waals surface area contributed by atoms with Gasteiger partial charge in [-0.2, -0.15) is 0 Å². The van der Waals surface area contributed by atoms with E-state index in [0.29, 0.717) is 18.3 Å². The highest BCUT2D eigenvalue weighted by molar-refractivity contribution is 5.79. The van der Waals surface area contributed by atoms with E-state index in [1.165, 1.54) is 0 Å². The SMILES string of the molecule is CCC1COC(C)CN1CC/C(N)=N/O. The van der Waals surface area contributed by atoms with Crippen LogP contribution in [0.5, 0.6) is 0 Å². The lowest BCUT2D eigenvalue weighted by Crippen LogP contribution is -2.49. The van der Waals surface area contributed by atoms with Crippen LogP contribution in [0.2, 0.25) is 0 Å². The molecule has 5 nitrogen and oxygen atoms in total. The highest BCUT2D eigenvalue weighted by atomic mass is 16.5. The molecule has 1 aliphatic heterocycles. The summed E-state index contributed by atoms with van der Waals surface area (Å²) in [6.45, 7) is 6.77. The molecule has 2 atom stereocenters. The number of hydrogen-bond donors (Lipinski definition) is 2. The van der Waals surface area contributed by atoms with Gasteiger partial charge in [-0.15, -0.1) is 0 Å². The first-order chi connectivity index (χ1) is 7.17. The van der Waals surface area contributed by atoms with E-state index in [-0.39, 0.29) is 6.10 Å². The summed E-state index contributed by atoms with van der Waals surface area (Å²) in [5.74, 6) is 0.295. The summed E-state index contributed by atoms with van der Waals surface area (Å²) in [5.41, 5.74) is 5.45. The van der Waals surface area contributed by atoms with Crippen molar-refractivity contribution in [2.24, 2.45) is 10.9 Å². The highest BCUT2D eigenvalue weighted by Gasteiger charge is 2.24. The lowest BCUT2D eigenvalue weighted by Gasteiger charge is -2.38. The molecule has 3 N–H and O–H groups in total. The van der Waals surface area contributed by atoms with Crippen LogP contribution >= 0.6 is 0 Å². The molecular formula is C10H21N3O2. The molecule has 88 valence electrons. The second-order valence-corrected chi connectivity index (χ2v) is 4.04. The van der Waals surface area contributed by atoms with E-state index < -0.39 is 0 Å². The third-order valence-corrected chi connectivity index (χ3v) is 2.84. The van der Waals surface area contributed by atoms with Crippen LogP contribution in [0, 0.1) is 0 Å². The molecule has 0 saturated carbocycles. The maximum absolute atomic E-state index is 8.46. The lowest BCUT2D eigenvalue weighted by atomic mass is 10.1. The highest BCUT2D eigenvalue weighted by Crippen LogP contribution is 2.14. The summed E-state index contributed by atoms with van der Waals surface area (Å²) in [4.78, 5) is 2.35. The number of morpholine rings is 1. The molecule has 0 aromatic carbocycles. The summed E-state index contributed by atoms with van der Waals surface area (Å²) >= 11 is 0. The Morgan fingerprint density at radius 1 is 1.67 bits per heavy atom. The molecule has 1 rings (SSSR count). The van der Waals surface area contributed by atoms with Gasteiger partial charge in [0.2, 0.25) is 0 Å². The molecule has 0 radical (unpaired) electrons. The van der Waals surface area contributed by atoms with Crippen molar-refractivity contribution in [1.29, 1.82) is 0 Å². The van der Waals surface area contributed by atoms with Crippen molar-refractivity contribution >= 4 is 5.84 Å². The van der Waals surface area contributed by atoms with Gasteiger partial charge in [-0.3, -0.25) is 4.90 Å². The van der Waals surface area contributed by atoms with Crippen molar-refractivity contribution in [2.75, 3.05) is 19.7 Å². The van der Waals surface area contributed by atoms with Gasteiger partial charge in [0.25, 0.3) is 0 Å². The van der Waals surface area contributed by atoms with Crippen molar-refractivity contribution in [3.05, 3.63) is 0 Å². The minimum atomic E-state index is 0.278. The van der Waals surface area contributed by atoms with Gasteiger partial charge in [0.15, 0.2) is 0 Å². The molecule has 1 aliphatic rings. The van der Waals surface area contributed by atoms with Crippen LogP contribution in [0.4, 0.5) is 0 Å². The molecule has 2 unspecified atom stereocenters. The van der Waals surface area contributed by atoms with Crippen LogP contribution < -0.4 is 5.73 Å². The first-order valence-corrected chi connectivity index (χ1v) is 5.49. The first-order valence-electron chi connectivity index (χ1n) is 5.49. The Morgan fingerprint density at radius 3 is 3.00 bits per heavy atom. The molecule has 1 saturated heterocycles. The van der Waals surface area contributed by atoms with Crippen LogP contribution in [-0.4, -0.2) is 47.8 Å². The predicted octanol–water partition coefficient (Wildman–Crippen LogP) is 0.622. The zero-order valence-electron chi connectivity index (χ0n) is 9.52. The van der Waals surface area contributed by atoms with Crippen LogP contribution in [0.15, 0.2) is 5.16 Å². The second-order valence-electron chi connectivity index (χ2n) is 4.04. The van der Waals surface area contributed by atoms with E-state index in [9.17, 15) is 0 Å². The zero-order chi connectivity index (χ0) is 11.3. The smallest absolute Gasteiger partial charge is 0.140 e. The number of rotatable bonds is 4. The summed E-state index contributed by atoms with van der Waals surface area (Å²) in [6, 6.07) is 0.465. The second kappa shape index (κ2) is 5.92. The summed E-state index contributed by atoms with van der Waals surface area (Å²) in [6.07, 6.45) is 1.96. The van der Waals surface area contributed by atoms with Crippen molar-refractivity contribution in [3.63, 3.8) is 0 Å². The molecule has 0 aromatic heterocycles. The predicted molar refractivity (Wildman–Crippen MR) is 59.1 cm³/mol. The first kappa shape index (κ1) is 12.3. The van der Waals surface area contributed by atoms with Gasteiger partial charge in [-0.05, 0) is 13.3 Å². The third-order valence-electron chi connectivity index (χ3n) is 2.84. The number of nitrogens with zero attached hydrogens (tertiary/aromatic N) is 2. The number of amidine groups is 1. The van der Waals surface area contributed by atoms with Crippen molar-refractivity contribution in [2.45, 2.75) is 38.8 Å². The fourth-order valence-electron chi connectivity index (χ4n) is 1.87. The van der Waals surface area contributed by atoms with Crippen LogP contribution in [0.25, 0.3) is 0 Å². The normalized spacial score (nSPS) is 29.3. The largest absolute Gasteiger partial charge is 0.409 e. The maximum atomic E-state index is 8.46. The topological polar surface area (TPSA) is 71.1 Å². The molecule has 5 heteroatoms. The van der Waals surface area contributed by atoms with E-state index >= 15 is 0 Å². The quantitative estimate of drug-likeness (QED) is 0.312. The third kappa shape index (κ3) is 3.68. The van der Waals surface area contributed by atoms with Gasteiger partial charge in [-0.25, -0.2) is 0 Å². The van der Waals surface area contributed by atoms with Crippen molar-refractivity contribution < 1.29 is 9.94 Å². The average molecular weight is 215 g/mol. The van der Waals surface area contributed by atoms with E-state index in [0.717, 1.165) is 26.1 Å². The van der Waals surface area contributed by atoms with Crippen LogP contribution in [-0.2, 0) is 4.74 Å². The van der Waals surface area contributed by atoms with Crippen molar-refractivity contribution in [1.82, 2.24) is 4.90 Å². The van der Waals surface area contributed by atoms with Gasteiger partial charge >= 0.3 is 0 Å². The van der Waals surface area contributed by atoms with Gasteiger partial charge in [0.1, 0.15) is 5.84 Å². The van der Waals surface area contributed by atoms with Crippen LogP contribution in [0.3, 0.4) is 0 Å². The van der Waals surface area contributed by atoms with Crippen molar-refractivity contribution in [3.8, 4) is 0 Å². The standard InChI is InChI=1S/C10H21N3O2/c1-3-9-7-15-8(2)6-13(9)5-4-10(11)12-14/h8-9,14H,3-7H2,1-2H3,(H2,11,12). The molecule has 0 aromatic rings. The molecule has 0 aliphatic carbocycles. The molecule has 0 amide bonds. The monoisotopic (exact) mass is 215 g/mol. The Bertz CT molecular complexity index is 221. The summed E-state index contributed by atoms with van der Waals surface area (Å²) in [5, 5.41) is 11.4.